The van der Waals surface area contributed by atoms with Gasteiger partial charge in [-0.1, -0.05) is 12.1 Å². The Hall–Kier alpha value is -3.42. The van der Waals surface area contributed by atoms with Crippen LogP contribution in [0.15, 0.2) is 47.4 Å². The number of nitrogen functional groups attached to an aromatic ring is 1. The maximum Gasteiger partial charge on any atom is 0.197 e. The van der Waals surface area contributed by atoms with E-state index in [1.165, 1.54) is 6.33 Å². The third kappa shape index (κ3) is 2.89. The van der Waals surface area contributed by atoms with Crippen molar-refractivity contribution in [2.24, 2.45) is 0 Å². The molecule has 0 spiro atoms. The van der Waals surface area contributed by atoms with Gasteiger partial charge in [-0.05, 0) is 24.6 Å². The van der Waals surface area contributed by atoms with Crippen molar-refractivity contribution in [3.05, 3.63) is 54.4 Å². The van der Waals surface area contributed by atoms with Crippen LogP contribution in [0.5, 0.6) is 0 Å². The van der Waals surface area contributed by atoms with Crippen molar-refractivity contribution in [1.82, 2.24) is 24.7 Å². The number of aromatic nitrogens is 5. The minimum absolute atomic E-state index is 0.444. The molecule has 3 N–H and O–H groups in total. The van der Waals surface area contributed by atoms with Gasteiger partial charge >= 0.3 is 0 Å². The number of hydrogen-bond acceptors (Lipinski definition) is 7. The molecule has 0 saturated carbocycles. The Labute approximate surface area is 143 Å². The van der Waals surface area contributed by atoms with E-state index in [2.05, 4.69) is 25.4 Å². The fourth-order valence-corrected chi connectivity index (χ4v) is 2.63. The lowest BCUT2D eigenvalue weighted by Gasteiger charge is -2.10. The van der Waals surface area contributed by atoms with E-state index in [-0.39, 0.29) is 0 Å². The van der Waals surface area contributed by atoms with Crippen molar-refractivity contribution < 1.29 is 4.42 Å². The first-order valence-electron chi connectivity index (χ1n) is 7.92. The molecule has 0 aliphatic heterocycles. The zero-order chi connectivity index (χ0) is 17.2. The second-order valence-electron chi connectivity index (χ2n) is 5.62. The molecule has 0 amide bonds. The van der Waals surface area contributed by atoms with Gasteiger partial charge in [-0.25, -0.2) is 19.6 Å². The molecule has 0 radical (unpaired) electrons. The summed E-state index contributed by atoms with van der Waals surface area (Å²) in [5.74, 6) is 1.78. The van der Waals surface area contributed by atoms with Gasteiger partial charge in [-0.15, -0.1) is 0 Å². The van der Waals surface area contributed by atoms with Crippen molar-refractivity contribution in [3.8, 4) is 5.82 Å². The Morgan fingerprint density at radius 1 is 1.24 bits per heavy atom. The average Bonchev–Trinajstić information content (AvgIpc) is 3.26. The molecule has 0 aliphatic carbocycles. The van der Waals surface area contributed by atoms with E-state index in [0.717, 1.165) is 16.7 Å². The van der Waals surface area contributed by atoms with Gasteiger partial charge < -0.3 is 15.5 Å². The summed E-state index contributed by atoms with van der Waals surface area (Å²) in [6.45, 7) is 2.61. The van der Waals surface area contributed by atoms with Crippen LogP contribution in [-0.4, -0.2) is 31.3 Å². The quantitative estimate of drug-likeness (QED) is 0.576. The number of aryl methyl sites for hydroxylation is 1. The summed E-state index contributed by atoms with van der Waals surface area (Å²) in [5.41, 5.74) is 9.40. The molecular formula is C17H17N7O. The van der Waals surface area contributed by atoms with Gasteiger partial charge in [0, 0.05) is 25.4 Å². The standard InChI is InChI=1S/C17H17N7O/c1-11-4-2-5-12-15(11)23-13(25-12)6-8-19-16-14(18)17(21-10-20-16)24-9-3-7-22-24/h2-5,7,9-10H,6,8,18H2,1H3,(H,19,20,21). The smallest absolute Gasteiger partial charge is 0.197 e. The number of anilines is 2. The highest BCUT2D eigenvalue weighted by atomic mass is 16.3. The summed E-state index contributed by atoms with van der Waals surface area (Å²) in [6, 6.07) is 7.71. The van der Waals surface area contributed by atoms with Crippen LogP contribution in [0.4, 0.5) is 11.5 Å². The van der Waals surface area contributed by atoms with Crippen molar-refractivity contribution in [2.45, 2.75) is 13.3 Å². The summed E-state index contributed by atoms with van der Waals surface area (Å²) in [7, 11) is 0. The van der Waals surface area contributed by atoms with E-state index >= 15 is 0 Å². The van der Waals surface area contributed by atoms with Gasteiger partial charge in [-0.2, -0.15) is 5.10 Å². The molecular weight excluding hydrogens is 318 g/mol. The molecule has 126 valence electrons. The summed E-state index contributed by atoms with van der Waals surface area (Å²) < 4.78 is 7.37. The molecule has 4 aromatic rings. The van der Waals surface area contributed by atoms with Crippen LogP contribution in [0.1, 0.15) is 11.5 Å². The lowest BCUT2D eigenvalue weighted by molar-refractivity contribution is 0.533. The Bertz CT molecular complexity index is 1010. The molecule has 0 fully saturated rings. The lowest BCUT2D eigenvalue weighted by atomic mass is 10.2. The number of fused-ring (bicyclic) bond motifs is 1. The van der Waals surface area contributed by atoms with E-state index in [4.69, 9.17) is 10.2 Å². The Morgan fingerprint density at radius 2 is 2.16 bits per heavy atom. The SMILES string of the molecule is Cc1cccc2oc(CCNc3ncnc(-n4cccn4)c3N)nc12. The number of hydrogen-bond donors (Lipinski definition) is 2. The first kappa shape index (κ1) is 15.1. The van der Waals surface area contributed by atoms with Crippen LogP contribution >= 0.6 is 0 Å². The Balaban J connectivity index is 1.48. The van der Waals surface area contributed by atoms with Gasteiger partial charge in [0.25, 0.3) is 0 Å². The van der Waals surface area contributed by atoms with Gasteiger partial charge in [0.05, 0.1) is 0 Å². The molecule has 4 rings (SSSR count). The van der Waals surface area contributed by atoms with Crippen LogP contribution in [0.25, 0.3) is 16.9 Å². The molecule has 8 heteroatoms. The monoisotopic (exact) mass is 335 g/mol. The molecule has 0 atom stereocenters. The second-order valence-corrected chi connectivity index (χ2v) is 5.62. The van der Waals surface area contributed by atoms with E-state index in [9.17, 15) is 0 Å². The predicted molar refractivity (Wildman–Crippen MR) is 94.5 cm³/mol. The molecule has 1 aromatic carbocycles. The molecule has 0 aliphatic rings. The fraction of sp³-hybridized carbons (Fsp3) is 0.176. The lowest BCUT2D eigenvalue weighted by Crippen LogP contribution is -2.12. The number of rotatable bonds is 5. The second kappa shape index (κ2) is 6.23. The topological polar surface area (TPSA) is 108 Å². The normalized spacial score (nSPS) is 11.1. The molecule has 8 nitrogen and oxygen atoms in total. The highest BCUT2D eigenvalue weighted by Crippen LogP contribution is 2.22. The molecule has 0 bridgehead atoms. The van der Waals surface area contributed by atoms with Gasteiger partial charge in [0.2, 0.25) is 0 Å². The number of oxazole rings is 1. The molecule has 25 heavy (non-hydrogen) atoms. The van der Waals surface area contributed by atoms with Gasteiger partial charge in [-0.3, -0.25) is 0 Å². The summed E-state index contributed by atoms with van der Waals surface area (Å²) in [6.07, 6.45) is 5.53. The first-order valence-corrected chi connectivity index (χ1v) is 7.92. The molecule has 3 aromatic heterocycles. The van der Waals surface area contributed by atoms with Crippen LogP contribution in [-0.2, 0) is 6.42 Å². The highest BCUT2D eigenvalue weighted by molar-refractivity contribution is 5.76. The zero-order valence-corrected chi connectivity index (χ0v) is 13.7. The van der Waals surface area contributed by atoms with Crippen molar-refractivity contribution in [1.29, 1.82) is 0 Å². The van der Waals surface area contributed by atoms with E-state index < -0.39 is 0 Å². The van der Waals surface area contributed by atoms with Gasteiger partial charge in [0.15, 0.2) is 23.1 Å². The van der Waals surface area contributed by atoms with Crippen LogP contribution < -0.4 is 11.1 Å². The number of nitrogens with two attached hydrogens (primary N) is 1. The van der Waals surface area contributed by atoms with Gasteiger partial charge in [0.1, 0.15) is 17.5 Å². The minimum atomic E-state index is 0.444. The minimum Gasteiger partial charge on any atom is -0.441 e. The van der Waals surface area contributed by atoms with Crippen LogP contribution in [0.3, 0.4) is 0 Å². The van der Waals surface area contributed by atoms with E-state index in [0.29, 0.717) is 36.2 Å². The van der Waals surface area contributed by atoms with Crippen molar-refractivity contribution in [2.75, 3.05) is 17.6 Å². The average molecular weight is 335 g/mol. The molecule has 3 heterocycles. The van der Waals surface area contributed by atoms with E-state index in [1.807, 2.05) is 31.2 Å². The third-order valence-corrected chi connectivity index (χ3v) is 3.88. The third-order valence-electron chi connectivity index (χ3n) is 3.88. The number of benzene rings is 1. The number of para-hydroxylation sites is 1. The largest absolute Gasteiger partial charge is 0.441 e. The molecule has 0 unspecified atom stereocenters. The summed E-state index contributed by atoms with van der Waals surface area (Å²) >= 11 is 0. The van der Waals surface area contributed by atoms with Crippen LogP contribution in [0.2, 0.25) is 0 Å². The summed E-state index contributed by atoms with van der Waals surface area (Å²) in [5, 5.41) is 7.35. The Kier molecular flexibility index (Phi) is 3.77. The highest BCUT2D eigenvalue weighted by Gasteiger charge is 2.11. The number of nitrogens with one attached hydrogen (secondary N) is 1. The number of nitrogens with zero attached hydrogens (tertiary/aromatic N) is 5. The van der Waals surface area contributed by atoms with Crippen molar-refractivity contribution in [3.63, 3.8) is 0 Å². The van der Waals surface area contributed by atoms with Crippen LogP contribution in [0, 0.1) is 6.92 Å². The zero-order valence-electron chi connectivity index (χ0n) is 13.7. The van der Waals surface area contributed by atoms with E-state index in [1.54, 1.807) is 17.1 Å². The molecule has 0 saturated heterocycles. The fourth-order valence-electron chi connectivity index (χ4n) is 2.63. The first-order chi connectivity index (χ1) is 12.2. The maximum atomic E-state index is 6.15. The Morgan fingerprint density at radius 3 is 2.96 bits per heavy atom. The summed E-state index contributed by atoms with van der Waals surface area (Å²) in [4.78, 5) is 12.9. The van der Waals surface area contributed by atoms with Crippen molar-refractivity contribution >= 4 is 22.6 Å². The predicted octanol–water partition coefficient (Wildman–Crippen LogP) is 2.35. The maximum absolute atomic E-state index is 6.15.